The van der Waals surface area contributed by atoms with Crippen molar-refractivity contribution in [3.63, 3.8) is 0 Å². The lowest BCUT2D eigenvalue weighted by atomic mass is 10.0. The van der Waals surface area contributed by atoms with E-state index in [0.29, 0.717) is 5.92 Å². The van der Waals surface area contributed by atoms with E-state index >= 15 is 0 Å². The predicted octanol–water partition coefficient (Wildman–Crippen LogP) is 5.73. The highest BCUT2D eigenvalue weighted by molar-refractivity contribution is 5.77. The van der Waals surface area contributed by atoms with Crippen LogP contribution in [0.5, 0.6) is 0 Å². The topological polar surface area (TPSA) is 25.2 Å². The Labute approximate surface area is 125 Å². The van der Waals surface area contributed by atoms with Gasteiger partial charge >= 0.3 is 0 Å². The molecule has 21 heavy (non-hydrogen) atoms. The molecule has 2 heteroatoms. The third-order valence-corrected chi connectivity index (χ3v) is 3.81. The normalized spacial score (nSPS) is 12.8. The summed E-state index contributed by atoms with van der Waals surface area (Å²) in [7, 11) is 0. The molecule has 0 aliphatic carbocycles. The van der Waals surface area contributed by atoms with Gasteiger partial charge in [-0.1, -0.05) is 44.2 Å². The molecule has 108 valence electrons. The lowest BCUT2D eigenvalue weighted by molar-refractivity contribution is 0.526. The van der Waals surface area contributed by atoms with Gasteiger partial charge < -0.3 is 9.73 Å². The van der Waals surface area contributed by atoms with E-state index in [0.717, 1.165) is 22.4 Å². The number of para-hydroxylation sites is 1. The van der Waals surface area contributed by atoms with Crippen LogP contribution in [0.4, 0.5) is 5.69 Å². The maximum atomic E-state index is 5.92. The van der Waals surface area contributed by atoms with Crippen LogP contribution in [0, 0.1) is 0 Å². The molecule has 2 aromatic carbocycles. The van der Waals surface area contributed by atoms with Crippen molar-refractivity contribution in [2.45, 2.75) is 32.7 Å². The van der Waals surface area contributed by atoms with Crippen molar-refractivity contribution in [3.05, 3.63) is 65.9 Å². The van der Waals surface area contributed by atoms with E-state index in [9.17, 15) is 0 Å². The molecule has 0 radical (unpaired) electrons. The van der Waals surface area contributed by atoms with Crippen molar-refractivity contribution < 1.29 is 4.42 Å². The summed E-state index contributed by atoms with van der Waals surface area (Å²) in [5.41, 5.74) is 3.42. The summed E-state index contributed by atoms with van der Waals surface area (Å²) < 4.78 is 5.92. The summed E-state index contributed by atoms with van der Waals surface area (Å²) in [6, 6.07) is 18.9. The maximum absolute atomic E-state index is 5.92. The molecule has 1 N–H and O–H groups in total. The fraction of sp³-hybridized carbons (Fsp3) is 0.263. The van der Waals surface area contributed by atoms with Crippen LogP contribution in [0.25, 0.3) is 11.0 Å². The largest absolute Gasteiger partial charge is 0.459 e. The van der Waals surface area contributed by atoms with Crippen LogP contribution < -0.4 is 5.32 Å². The summed E-state index contributed by atoms with van der Waals surface area (Å²) in [4.78, 5) is 0. The Morgan fingerprint density at radius 1 is 0.905 bits per heavy atom. The van der Waals surface area contributed by atoms with Gasteiger partial charge in [0.05, 0.1) is 6.04 Å². The molecule has 0 bridgehead atoms. The number of nitrogens with one attached hydrogen (secondary N) is 1. The van der Waals surface area contributed by atoms with E-state index in [1.165, 1.54) is 5.56 Å². The number of fused-ring (bicyclic) bond motifs is 1. The predicted molar refractivity (Wildman–Crippen MR) is 88.8 cm³/mol. The summed E-state index contributed by atoms with van der Waals surface area (Å²) in [5.74, 6) is 1.50. The van der Waals surface area contributed by atoms with Crippen molar-refractivity contribution in [2.24, 2.45) is 0 Å². The molecule has 2 nitrogen and oxygen atoms in total. The Balaban J connectivity index is 1.82. The SMILES string of the molecule is CC(C)c1cccc(NC(C)c2cc3ccccc3o2)c1. The minimum atomic E-state index is 0.139. The molecular formula is C19H21NO. The zero-order valence-corrected chi connectivity index (χ0v) is 12.8. The molecular weight excluding hydrogens is 258 g/mol. The van der Waals surface area contributed by atoms with Gasteiger partial charge in [-0.05, 0) is 42.7 Å². The number of furan rings is 1. The second-order valence-electron chi connectivity index (χ2n) is 5.83. The number of anilines is 1. The first-order valence-corrected chi connectivity index (χ1v) is 7.48. The van der Waals surface area contributed by atoms with Gasteiger partial charge in [0.15, 0.2) is 0 Å². The van der Waals surface area contributed by atoms with Crippen LogP contribution in [-0.2, 0) is 0 Å². The molecule has 0 aliphatic rings. The van der Waals surface area contributed by atoms with E-state index in [-0.39, 0.29) is 6.04 Å². The Morgan fingerprint density at radius 3 is 2.48 bits per heavy atom. The Bertz CT molecular complexity index is 709. The molecule has 0 saturated heterocycles. The van der Waals surface area contributed by atoms with Crippen molar-refractivity contribution >= 4 is 16.7 Å². The first kappa shape index (κ1) is 13.7. The number of rotatable bonds is 4. The third kappa shape index (κ3) is 2.94. The second-order valence-corrected chi connectivity index (χ2v) is 5.83. The summed E-state index contributed by atoms with van der Waals surface area (Å²) >= 11 is 0. The molecule has 0 saturated carbocycles. The Kier molecular flexibility index (Phi) is 3.70. The molecule has 0 aliphatic heterocycles. The van der Waals surface area contributed by atoms with E-state index in [4.69, 9.17) is 4.42 Å². The van der Waals surface area contributed by atoms with Gasteiger partial charge in [-0.15, -0.1) is 0 Å². The Morgan fingerprint density at radius 2 is 1.71 bits per heavy atom. The van der Waals surface area contributed by atoms with Crippen LogP contribution in [0.15, 0.2) is 59.0 Å². The monoisotopic (exact) mass is 279 g/mol. The van der Waals surface area contributed by atoms with Gasteiger partial charge in [-0.2, -0.15) is 0 Å². The van der Waals surface area contributed by atoms with Crippen LogP contribution in [0.1, 0.15) is 44.1 Å². The first-order chi connectivity index (χ1) is 10.1. The molecule has 3 aromatic rings. The fourth-order valence-corrected chi connectivity index (χ4v) is 2.52. The van der Waals surface area contributed by atoms with Crippen LogP contribution >= 0.6 is 0 Å². The Hall–Kier alpha value is -2.22. The molecule has 3 rings (SSSR count). The standard InChI is InChI=1S/C19H21NO/c1-13(2)15-8-6-9-17(11-15)20-14(3)19-12-16-7-4-5-10-18(16)21-19/h4-14,20H,1-3H3. The van der Waals surface area contributed by atoms with Crippen LogP contribution in [0.2, 0.25) is 0 Å². The lowest BCUT2D eigenvalue weighted by Crippen LogP contribution is -2.05. The van der Waals surface area contributed by atoms with Gasteiger partial charge in [0.2, 0.25) is 0 Å². The molecule has 1 atom stereocenters. The van der Waals surface area contributed by atoms with Gasteiger partial charge in [-0.25, -0.2) is 0 Å². The third-order valence-electron chi connectivity index (χ3n) is 3.81. The van der Waals surface area contributed by atoms with Crippen molar-refractivity contribution in [1.82, 2.24) is 0 Å². The molecule has 1 heterocycles. The highest BCUT2D eigenvalue weighted by Gasteiger charge is 2.11. The van der Waals surface area contributed by atoms with Gasteiger partial charge in [-0.3, -0.25) is 0 Å². The lowest BCUT2D eigenvalue weighted by Gasteiger charge is -2.14. The average molecular weight is 279 g/mol. The zero-order chi connectivity index (χ0) is 14.8. The summed E-state index contributed by atoms with van der Waals surface area (Å²) in [6.07, 6.45) is 0. The van der Waals surface area contributed by atoms with Crippen molar-refractivity contribution in [3.8, 4) is 0 Å². The van der Waals surface area contributed by atoms with E-state index in [2.05, 4.69) is 62.5 Å². The van der Waals surface area contributed by atoms with E-state index in [1.54, 1.807) is 0 Å². The van der Waals surface area contributed by atoms with E-state index < -0.39 is 0 Å². The highest BCUT2D eigenvalue weighted by atomic mass is 16.3. The summed E-state index contributed by atoms with van der Waals surface area (Å²) in [5, 5.41) is 4.67. The van der Waals surface area contributed by atoms with Gasteiger partial charge in [0, 0.05) is 11.1 Å². The first-order valence-electron chi connectivity index (χ1n) is 7.48. The minimum Gasteiger partial charge on any atom is -0.459 e. The molecule has 1 unspecified atom stereocenters. The van der Waals surface area contributed by atoms with Crippen LogP contribution in [0.3, 0.4) is 0 Å². The van der Waals surface area contributed by atoms with Crippen molar-refractivity contribution in [1.29, 1.82) is 0 Å². The number of hydrogen-bond donors (Lipinski definition) is 1. The molecule has 0 fully saturated rings. The average Bonchev–Trinajstić information content (AvgIpc) is 2.91. The maximum Gasteiger partial charge on any atom is 0.134 e. The highest BCUT2D eigenvalue weighted by Crippen LogP contribution is 2.27. The van der Waals surface area contributed by atoms with Gasteiger partial charge in [0.25, 0.3) is 0 Å². The molecule has 0 spiro atoms. The fourth-order valence-electron chi connectivity index (χ4n) is 2.52. The quantitative estimate of drug-likeness (QED) is 0.659. The van der Waals surface area contributed by atoms with Gasteiger partial charge in [0.1, 0.15) is 11.3 Å². The molecule has 0 amide bonds. The van der Waals surface area contributed by atoms with Crippen molar-refractivity contribution in [2.75, 3.05) is 5.32 Å². The summed E-state index contributed by atoms with van der Waals surface area (Å²) in [6.45, 7) is 6.54. The zero-order valence-electron chi connectivity index (χ0n) is 12.8. The minimum absolute atomic E-state index is 0.139. The van der Waals surface area contributed by atoms with Crippen LogP contribution in [-0.4, -0.2) is 0 Å². The van der Waals surface area contributed by atoms with E-state index in [1.807, 2.05) is 18.2 Å². The molecule has 1 aromatic heterocycles. The number of hydrogen-bond acceptors (Lipinski definition) is 2. The number of benzene rings is 2. The smallest absolute Gasteiger partial charge is 0.134 e. The second kappa shape index (κ2) is 5.65.